The number of nitrogens with zero attached hydrogens (tertiary/aromatic N) is 14. The van der Waals surface area contributed by atoms with Crippen molar-refractivity contribution in [3.8, 4) is 5.95 Å². The van der Waals surface area contributed by atoms with Crippen LogP contribution >= 0.6 is 0 Å². The number of fused-ring (bicyclic) bond motifs is 4. The Morgan fingerprint density at radius 2 is 1.01 bits per heavy atom. The monoisotopic (exact) mass is 1110 g/mol. The predicted molar refractivity (Wildman–Crippen MR) is 280 cm³/mol. The van der Waals surface area contributed by atoms with Gasteiger partial charge in [0, 0.05) is 64.0 Å². The molecule has 79 heavy (non-hydrogen) atoms. The van der Waals surface area contributed by atoms with Crippen LogP contribution in [0.15, 0.2) is 76.2 Å². The van der Waals surface area contributed by atoms with Crippen LogP contribution in [-0.4, -0.2) is 147 Å². The molecule has 0 bridgehead atoms. The Bertz CT molecular complexity index is 4200. The summed E-state index contributed by atoms with van der Waals surface area (Å²) in [7, 11) is -4.99. The minimum atomic E-state index is -3.63. The molecule has 8 aromatic rings. The number of anilines is 3. The molecule has 1 aromatic carbocycles. The molecule has 10 heterocycles. The van der Waals surface area contributed by atoms with E-state index in [4.69, 9.17) is 9.97 Å². The fraction of sp³-hybridized carbons (Fsp3) is 0.292. The Morgan fingerprint density at radius 3 is 1.44 bits per heavy atom. The minimum absolute atomic E-state index is 0.0288. The summed E-state index contributed by atoms with van der Waals surface area (Å²) in [5, 5.41) is 29.2. The fourth-order valence-electron chi connectivity index (χ4n) is 8.40. The van der Waals surface area contributed by atoms with E-state index >= 15 is 0 Å². The zero-order chi connectivity index (χ0) is 54.9. The zero-order valence-electron chi connectivity index (χ0n) is 41.7. The summed E-state index contributed by atoms with van der Waals surface area (Å²) < 4.78 is 42.0. The van der Waals surface area contributed by atoms with E-state index in [-0.39, 0.29) is 76.4 Å². The maximum atomic E-state index is 12.0. The number of carbonyl (C=O) groups is 6. The van der Waals surface area contributed by atoms with Crippen molar-refractivity contribution >= 4 is 120 Å². The van der Waals surface area contributed by atoms with E-state index in [2.05, 4.69) is 72.1 Å². The smallest absolute Gasteiger partial charge is 0.254 e. The van der Waals surface area contributed by atoms with E-state index in [1.54, 1.807) is 35.4 Å². The van der Waals surface area contributed by atoms with Crippen molar-refractivity contribution in [2.24, 2.45) is 0 Å². The maximum Gasteiger partial charge on any atom is 0.254 e. The van der Waals surface area contributed by atoms with Gasteiger partial charge in [0.1, 0.15) is 6.33 Å². The molecule has 3 aliphatic carbocycles. The Hall–Kier alpha value is -9.52. The summed E-state index contributed by atoms with van der Waals surface area (Å²) in [6.07, 6.45) is 19.8. The van der Waals surface area contributed by atoms with Gasteiger partial charge in [-0.15, -0.1) is 0 Å². The van der Waals surface area contributed by atoms with E-state index in [0.717, 1.165) is 55.8 Å². The van der Waals surface area contributed by atoms with E-state index < -0.39 is 32.5 Å². The van der Waals surface area contributed by atoms with Gasteiger partial charge in [0.15, 0.2) is 16.9 Å². The van der Waals surface area contributed by atoms with Crippen molar-refractivity contribution in [2.45, 2.75) is 86.2 Å². The standard InChI is InChI=1S/C20H16N8O2.C14H14N6O4S.C14H14N6O3S/c29-16-8-11(18(30)24-16)7-12-9-22-28-17(12)25-19(26-20(28)23-13-5-6-13)27-10-21-14-3-1-2-4-15(14)27;1-25(23,24)14-18-11-8(4-7-5-10(21)17-12(7)22)6-15-20(11)13(19-14)16-9-2-3-9;1-24(23)14-18-11-8(4-7-5-10(21)17-12(7)22)6-15-20(11)13(19-14)16-9-2-3-9/h1-4,7,9-10,13H,5-6,8H2,(H,23,25,26)(H,24,29,30);4,6,9H,2-3,5H2,1H3,(H,16,18,19)(H,17,21,22);4,6,9H,2-3,5H2,1H3,(H,16,18,19)(H,17,21,22)/b11-7+;2*7-4+. The van der Waals surface area contributed by atoms with Crippen LogP contribution in [0.3, 0.4) is 0 Å². The van der Waals surface area contributed by atoms with Gasteiger partial charge in [-0.1, -0.05) is 12.1 Å². The maximum absolute atomic E-state index is 12.0. The molecular formula is C48H44N20O9S2. The van der Waals surface area contributed by atoms with Gasteiger partial charge in [-0.05, 0) is 68.9 Å². The normalized spacial score (nSPS) is 19.3. The highest BCUT2D eigenvalue weighted by Crippen LogP contribution is 2.30. The zero-order valence-corrected chi connectivity index (χ0v) is 43.3. The first-order valence-electron chi connectivity index (χ1n) is 24.6. The predicted octanol–water partition coefficient (Wildman–Crippen LogP) is 0.865. The van der Waals surface area contributed by atoms with Crippen molar-refractivity contribution in [3.63, 3.8) is 0 Å². The second kappa shape index (κ2) is 19.8. The molecule has 6 N–H and O–H groups in total. The highest BCUT2D eigenvalue weighted by atomic mass is 32.2. The molecule has 0 spiro atoms. The van der Waals surface area contributed by atoms with Gasteiger partial charge in [-0.3, -0.25) is 53.5 Å². The van der Waals surface area contributed by atoms with Gasteiger partial charge in [0.2, 0.25) is 56.5 Å². The number of nitrogens with one attached hydrogen (secondary N) is 6. The molecule has 6 aliphatic rings. The third-order valence-corrected chi connectivity index (χ3v) is 14.3. The van der Waals surface area contributed by atoms with E-state index in [9.17, 15) is 41.4 Å². The first-order chi connectivity index (χ1) is 38.0. The summed E-state index contributed by atoms with van der Waals surface area (Å²) in [5.74, 6) is -0.502. The molecule has 3 saturated carbocycles. The molecule has 3 saturated heterocycles. The molecule has 0 radical (unpaired) electrons. The Balaban J connectivity index is 0.000000119. The average molecular weight is 1110 g/mol. The summed E-state index contributed by atoms with van der Waals surface area (Å²) in [5.41, 5.74) is 5.63. The molecule has 6 amide bonds. The highest BCUT2D eigenvalue weighted by Gasteiger charge is 2.31. The number of para-hydroxylation sites is 2. The van der Waals surface area contributed by atoms with Crippen LogP contribution in [0.25, 0.3) is 52.2 Å². The van der Waals surface area contributed by atoms with E-state index in [1.165, 1.54) is 27.6 Å². The Labute approximate surface area is 447 Å². The van der Waals surface area contributed by atoms with Crippen LogP contribution in [0.4, 0.5) is 17.8 Å². The van der Waals surface area contributed by atoms with Crippen LogP contribution in [0.1, 0.15) is 74.5 Å². The second-order valence-corrected chi connectivity index (χ2v) is 22.5. The number of amides is 6. The lowest BCUT2D eigenvalue weighted by atomic mass is 10.1. The SMILES string of the molecule is CS(=O)(=O)c1nc(NC2CC2)n2ncc(/C=C3\CC(=O)NC3=O)c2n1.CS(=O)c1nc(NC2CC2)n2ncc(/C=C3\CC(=O)NC3=O)c2n1.O=C1C/C(=C\c2cnn3c(NC4CC4)nc(-n4cnc5ccccc54)nc23)C(=O)N1. The first kappa shape index (κ1) is 50.3. The Kier molecular flexibility index (Phi) is 12.6. The van der Waals surface area contributed by atoms with Crippen LogP contribution in [0, 0.1) is 0 Å². The van der Waals surface area contributed by atoms with Gasteiger partial charge in [0.25, 0.3) is 22.9 Å². The number of sulfone groups is 1. The van der Waals surface area contributed by atoms with Gasteiger partial charge < -0.3 is 16.0 Å². The number of imidazole rings is 1. The largest absolute Gasteiger partial charge is 0.351 e. The molecule has 6 fully saturated rings. The molecule has 31 heteroatoms. The third-order valence-electron chi connectivity index (χ3n) is 12.8. The molecule has 1 unspecified atom stereocenters. The summed E-state index contributed by atoms with van der Waals surface area (Å²) >= 11 is 0. The molecule has 402 valence electrons. The first-order valence-corrected chi connectivity index (χ1v) is 28.1. The lowest BCUT2D eigenvalue weighted by molar-refractivity contribution is -0.125. The van der Waals surface area contributed by atoms with Crippen LogP contribution in [0.2, 0.25) is 0 Å². The summed E-state index contributed by atoms with van der Waals surface area (Å²) in [4.78, 5) is 100. The van der Waals surface area contributed by atoms with Crippen molar-refractivity contribution in [3.05, 3.63) is 82.6 Å². The van der Waals surface area contributed by atoms with Crippen LogP contribution in [-0.2, 0) is 49.4 Å². The molecule has 1 atom stereocenters. The van der Waals surface area contributed by atoms with Crippen LogP contribution in [0.5, 0.6) is 0 Å². The number of imide groups is 3. The quantitative estimate of drug-likeness (QED) is 0.0730. The molecule has 3 aliphatic heterocycles. The molecule has 7 aromatic heterocycles. The summed E-state index contributed by atoms with van der Waals surface area (Å²) in [6.45, 7) is 0. The topological polar surface area (TPSA) is 373 Å². The van der Waals surface area contributed by atoms with Crippen molar-refractivity contribution in [1.29, 1.82) is 0 Å². The number of benzene rings is 1. The average Bonchev–Trinajstić information content (AvgIpc) is 4.38. The lowest BCUT2D eigenvalue weighted by Gasteiger charge is -2.09. The van der Waals surface area contributed by atoms with Crippen LogP contribution < -0.4 is 31.9 Å². The van der Waals surface area contributed by atoms with E-state index in [1.807, 2.05) is 28.8 Å². The summed E-state index contributed by atoms with van der Waals surface area (Å²) in [6, 6.07) is 8.68. The number of hydrogen-bond acceptors (Lipinski definition) is 22. The van der Waals surface area contributed by atoms with Gasteiger partial charge in [0.05, 0.1) is 59.7 Å². The Morgan fingerprint density at radius 1 is 0.582 bits per heavy atom. The second-order valence-electron chi connectivity index (χ2n) is 19.3. The lowest BCUT2D eigenvalue weighted by Crippen LogP contribution is -2.19. The number of rotatable bonds is 12. The van der Waals surface area contributed by atoms with Gasteiger partial charge in [-0.2, -0.15) is 58.7 Å². The van der Waals surface area contributed by atoms with Crippen molar-refractivity contribution < 1.29 is 41.4 Å². The number of hydrogen-bond donors (Lipinski definition) is 6. The van der Waals surface area contributed by atoms with E-state index in [0.29, 0.717) is 69.1 Å². The van der Waals surface area contributed by atoms with Crippen molar-refractivity contribution in [2.75, 3.05) is 28.5 Å². The molecule has 29 nitrogen and oxygen atoms in total. The third kappa shape index (κ3) is 10.7. The molecule has 14 rings (SSSR count). The fourth-order valence-corrected chi connectivity index (χ4v) is 9.33. The molecular weight excluding hydrogens is 1060 g/mol. The van der Waals surface area contributed by atoms with Crippen molar-refractivity contribution in [1.82, 2.24) is 84.2 Å². The van der Waals surface area contributed by atoms with Gasteiger partial charge in [-0.25, -0.2) is 13.4 Å². The minimum Gasteiger partial charge on any atom is -0.351 e. The number of aromatic nitrogens is 14. The number of carbonyl (C=O) groups excluding carboxylic acids is 6. The highest BCUT2D eigenvalue weighted by molar-refractivity contribution is 7.90. The van der Waals surface area contributed by atoms with Gasteiger partial charge >= 0.3 is 0 Å².